The van der Waals surface area contributed by atoms with E-state index in [1.54, 1.807) is 11.6 Å². The first-order chi connectivity index (χ1) is 7.86. The highest BCUT2D eigenvalue weighted by molar-refractivity contribution is 9.10. The molecule has 6 nitrogen and oxygen atoms in total. The second-order valence-corrected chi connectivity index (χ2v) is 4.93. The zero-order valence-electron chi connectivity index (χ0n) is 10.1. The summed E-state index contributed by atoms with van der Waals surface area (Å²) in [5.74, 6) is 0. The van der Waals surface area contributed by atoms with Crippen molar-refractivity contribution in [3.05, 3.63) is 25.6 Å². The minimum Gasteiger partial charge on any atom is -0.310 e. The summed E-state index contributed by atoms with van der Waals surface area (Å²) in [6.45, 7) is 3.91. The van der Waals surface area contributed by atoms with Crippen LogP contribution in [0, 0.1) is 0 Å². The molecule has 0 amide bonds. The Balaban J connectivity index is 3.13. The number of fused-ring (bicyclic) bond motifs is 1. The molecule has 0 spiro atoms. The van der Waals surface area contributed by atoms with Crippen molar-refractivity contribution < 1.29 is 0 Å². The van der Waals surface area contributed by atoms with Gasteiger partial charge in [-0.05, 0) is 29.8 Å². The Morgan fingerprint density at radius 3 is 2.29 bits per heavy atom. The molecule has 0 radical (unpaired) electrons. The van der Waals surface area contributed by atoms with Gasteiger partial charge in [0.1, 0.15) is 0 Å². The third-order valence-electron chi connectivity index (χ3n) is 2.76. The number of nitrogens with zero attached hydrogens (tertiary/aromatic N) is 4. The second kappa shape index (κ2) is 3.83. The van der Waals surface area contributed by atoms with Crippen molar-refractivity contribution >= 4 is 27.1 Å². The maximum Gasteiger partial charge on any atom is 0.332 e. The Hall–Kier alpha value is -1.37. The summed E-state index contributed by atoms with van der Waals surface area (Å²) in [4.78, 5) is 28.1. The smallest absolute Gasteiger partial charge is 0.310 e. The van der Waals surface area contributed by atoms with Crippen molar-refractivity contribution in [2.24, 2.45) is 14.1 Å². The Morgan fingerprint density at radius 1 is 1.18 bits per heavy atom. The Bertz CT molecular complexity index is 708. The van der Waals surface area contributed by atoms with E-state index in [4.69, 9.17) is 0 Å². The standard InChI is InChI=1S/C10H13BrN4O2/c1-5(2)15-6-7(12-9(15)11)13(3)10(17)14(4)8(6)16/h5H,1-4H3. The predicted octanol–water partition coefficient (Wildman–Crippen LogP) is 0.777. The molecule has 0 aliphatic rings. The van der Waals surface area contributed by atoms with Gasteiger partial charge in [0.15, 0.2) is 15.9 Å². The molecule has 0 aliphatic carbocycles. The molecule has 2 aromatic heterocycles. The highest BCUT2D eigenvalue weighted by Gasteiger charge is 2.18. The van der Waals surface area contributed by atoms with Gasteiger partial charge in [-0.3, -0.25) is 13.9 Å². The third kappa shape index (κ3) is 1.56. The normalized spacial score (nSPS) is 11.6. The molecule has 0 fully saturated rings. The molecular formula is C10H13BrN4O2. The summed E-state index contributed by atoms with van der Waals surface area (Å²) in [7, 11) is 3.07. The SMILES string of the molecule is CC(C)n1c(Br)nc2c1c(=O)n(C)c(=O)n2C. The van der Waals surface area contributed by atoms with E-state index in [0.717, 1.165) is 4.57 Å². The molecule has 0 N–H and O–H groups in total. The number of imidazole rings is 1. The van der Waals surface area contributed by atoms with Gasteiger partial charge < -0.3 is 4.57 Å². The predicted molar refractivity (Wildman–Crippen MR) is 68.3 cm³/mol. The van der Waals surface area contributed by atoms with Crippen LogP contribution in [0.2, 0.25) is 0 Å². The first kappa shape index (κ1) is 12.1. The zero-order valence-corrected chi connectivity index (χ0v) is 11.6. The van der Waals surface area contributed by atoms with Crippen LogP contribution in [-0.4, -0.2) is 18.7 Å². The van der Waals surface area contributed by atoms with Crippen LogP contribution < -0.4 is 11.2 Å². The largest absolute Gasteiger partial charge is 0.332 e. The lowest BCUT2D eigenvalue weighted by atomic mass is 10.4. The van der Waals surface area contributed by atoms with Crippen LogP contribution in [0.25, 0.3) is 11.2 Å². The molecule has 0 saturated heterocycles. The number of hydrogen-bond acceptors (Lipinski definition) is 3. The van der Waals surface area contributed by atoms with E-state index in [2.05, 4.69) is 20.9 Å². The number of aryl methyl sites for hydroxylation is 1. The van der Waals surface area contributed by atoms with Crippen molar-refractivity contribution in [3.8, 4) is 0 Å². The van der Waals surface area contributed by atoms with Gasteiger partial charge in [0.2, 0.25) is 0 Å². The Labute approximate surface area is 106 Å². The van der Waals surface area contributed by atoms with Gasteiger partial charge >= 0.3 is 5.69 Å². The van der Waals surface area contributed by atoms with Gasteiger partial charge in [-0.15, -0.1) is 0 Å². The van der Waals surface area contributed by atoms with E-state index in [1.807, 2.05) is 13.8 Å². The van der Waals surface area contributed by atoms with E-state index < -0.39 is 0 Å². The van der Waals surface area contributed by atoms with Gasteiger partial charge in [0, 0.05) is 20.1 Å². The fourth-order valence-electron chi connectivity index (χ4n) is 1.86. The molecule has 2 rings (SSSR count). The van der Waals surface area contributed by atoms with Crippen LogP contribution in [0.5, 0.6) is 0 Å². The zero-order chi connectivity index (χ0) is 12.9. The fourth-order valence-corrected chi connectivity index (χ4v) is 2.61. The highest BCUT2D eigenvalue weighted by atomic mass is 79.9. The van der Waals surface area contributed by atoms with E-state index >= 15 is 0 Å². The molecule has 17 heavy (non-hydrogen) atoms. The van der Waals surface area contributed by atoms with Crippen LogP contribution in [0.4, 0.5) is 0 Å². The molecule has 92 valence electrons. The lowest BCUT2D eigenvalue weighted by molar-refractivity contribution is 0.598. The number of rotatable bonds is 1. The second-order valence-electron chi connectivity index (χ2n) is 4.22. The molecule has 0 atom stereocenters. The van der Waals surface area contributed by atoms with Crippen LogP contribution in [0.15, 0.2) is 14.3 Å². The summed E-state index contributed by atoms with van der Waals surface area (Å²) in [6.07, 6.45) is 0. The van der Waals surface area contributed by atoms with Gasteiger partial charge in [-0.25, -0.2) is 9.78 Å². The van der Waals surface area contributed by atoms with Crippen molar-refractivity contribution in [3.63, 3.8) is 0 Å². The minimum absolute atomic E-state index is 0.0829. The number of aromatic nitrogens is 4. The van der Waals surface area contributed by atoms with Gasteiger partial charge in [-0.1, -0.05) is 0 Å². The number of hydrogen-bond donors (Lipinski definition) is 0. The van der Waals surface area contributed by atoms with E-state index in [9.17, 15) is 9.59 Å². The summed E-state index contributed by atoms with van der Waals surface area (Å²) in [5, 5.41) is 0. The minimum atomic E-state index is -0.372. The highest BCUT2D eigenvalue weighted by Crippen LogP contribution is 2.20. The molecule has 0 aromatic carbocycles. The monoisotopic (exact) mass is 300 g/mol. The topological polar surface area (TPSA) is 61.8 Å². The molecule has 0 unspecified atom stereocenters. The summed E-state index contributed by atoms with van der Waals surface area (Å²) in [5.41, 5.74) is 0.147. The van der Waals surface area contributed by atoms with Crippen LogP contribution >= 0.6 is 15.9 Å². The molecule has 7 heteroatoms. The third-order valence-corrected chi connectivity index (χ3v) is 3.32. The van der Waals surface area contributed by atoms with Crippen LogP contribution in [-0.2, 0) is 14.1 Å². The molecule has 0 aliphatic heterocycles. The average molecular weight is 301 g/mol. The quantitative estimate of drug-likeness (QED) is 0.731. The van der Waals surface area contributed by atoms with E-state index in [-0.39, 0.29) is 17.3 Å². The van der Waals surface area contributed by atoms with Crippen LogP contribution in [0.1, 0.15) is 19.9 Å². The maximum atomic E-state index is 12.1. The molecule has 0 bridgehead atoms. The summed E-state index contributed by atoms with van der Waals surface area (Å²) in [6, 6.07) is 0.0829. The summed E-state index contributed by atoms with van der Waals surface area (Å²) >= 11 is 3.32. The van der Waals surface area contributed by atoms with Crippen molar-refractivity contribution in [1.29, 1.82) is 0 Å². The Morgan fingerprint density at radius 2 is 1.76 bits per heavy atom. The average Bonchev–Trinajstić information content (AvgIpc) is 2.61. The maximum absolute atomic E-state index is 12.1. The molecule has 0 saturated carbocycles. The van der Waals surface area contributed by atoms with Crippen LogP contribution in [0.3, 0.4) is 0 Å². The fraction of sp³-hybridized carbons (Fsp3) is 0.500. The molecule has 2 aromatic rings. The summed E-state index contributed by atoms with van der Waals surface area (Å²) < 4.78 is 4.80. The van der Waals surface area contributed by atoms with Gasteiger partial charge in [-0.2, -0.15) is 0 Å². The van der Waals surface area contributed by atoms with E-state index in [0.29, 0.717) is 15.9 Å². The lowest BCUT2D eigenvalue weighted by Gasteiger charge is -2.10. The van der Waals surface area contributed by atoms with Crippen molar-refractivity contribution in [2.75, 3.05) is 0 Å². The molecule has 2 heterocycles. The lowest BCUT2D eigenvalue weighted by Crippen LogP contribution is -2.37. The number of halogens is 1. The van der Waals surface area contributed by atoms with Gasteiger partial charge in [0.25, 0.3) is 5.56 Å². The first-order valence-electron chi connectivity index (χ1n) is 5.19. The van der Waals surface area contributed by atoms with Crippen molar-refractivity contribution in [2.45, 2.75) is 19.9 Å². The Kier molecular flexibility index (Phi) is 2.73. The van der Waals surface area contributed by atoms with Gasteiger partial charge in [0.05, 0.1) is 0 Å². The molecular weight excluding hydrogens is 288 g/mol. The van der Waals surface area contributed by atoms with Crippen molar-refractivity contribution in [1.82, 2.24) is 18.7 Å². The first-order valence-corrected chi connectivity index (χ1v) is 5.99. The van der Waals surface area contributed by atoms with E-state index in [1.165, 1.54) is 11.6 Å².